The second-order valence-corrected chi connectivity index (χ2v) is 9.50. The number of benzene rings is 1. The molecule has 0 spiro atoms. The summed E-state index contributed by atoms with van der Waals surface area (Å²) in [6.07, 6.45) is 4.33. The highest BCUT2D eigenvalue weighted by Crippen LogP contribution is 2.34. The monoisotopic (exact) mass is 413 g/mol. The number of amides is 1. The van der Waals surface area contributed by atoms with Crippen LogP contribution in [0.2, 0.25) is 0 Å². The predicted octanol–water partition coefficient (Wildman–Crippen LogP) is 3.67. The van der Waals surface area contributed by atoms with E-state index >= 15 is 0 Å². The lowest BCUT2D eigenvalue weighted by molar-refractivity contribution is -0.120. The number of carbonyl (C=O) groups excluding carboxylic acids is 1. The summed E-state index contributed by atoms with van der Waals surface area (Å²) in [6, 6.07) is 9.82. The van der Waals surface area contributed by atoms with E-state index in [2.05, 4.69) is 5.32 Å². The van der Waals surface area contributed by atoms with E-state index in [-0.39, 0.29) is 16.7 Å². The molecule has 2 aromatic heterocycles. The van der Waals surface area contributed by atoms with Crippen LogP contribution in [0.5, 0.6) is 0 Å². The van der Waals surface area contributed by atoms with Crippen molar-refractivity contribution in [2.45, 2.75) is 49.6 Å². The van der Waals surface area contributed by atoms with Crippen LogP contribution in [0.3, 0.4) is 0 Å². The fourth-order valence-corrected chi connectivity index (χ4v) is 5.71. The van der Waals surface area contributed by atoms with E-state index < -0.39 is 0 Å². The van der Waals surface area contributed by atoms with Crippen LogP contribution in [-0.2, 0) is 31.2 Å². The van der Waals surface area contributed by atoms with Gasteiger partial charge in [0.1, 0.15) is 4.83 Å². The van der Waals surface area contributed by atoms with Gasteiger partial charge in [-0.25, -0.2) is 4.98 Å². The number of carbonyl (C=O) groups is 1. The van der Waals surface area contributed by atoms with Crippen LogP contribution in [0.15, 0.2) is 40.3 Å². The van der Waals surface area contributed by atoms with Gasteiger partial charge in [-0.2, -0.15) is 0 Å². The molecule has 1 unspecified atom stereocenters. The summed E-state index contributed by atoms with van der Waals surface area (Å²) in [5.41, 5.74) is 2.26. The highest BCUT2D eigenvalue weighted by atomic mass is 32.2. The van der Waals surface area contributed by atoms with Gasteiger partial charge in [0.05, 0.1) is 10.6 Å². The van der Waals surface area contributed by atoms with Gasteiger partial charge in [0, 0.05) is 18.5 Å². The van der Waals surface area contributed by atoms with Crippen LogP contribution in [0.4, 0.5) is 0 Å². The van der Waals surface area contributed by atoms with E-state index in [0.717, 1.165) is 35.0 Å². The zero-order valence-corrected chi connectivity index (χ0v) is 17.7. The first-order chi connectivity index (χ1) is 13.5. The Balaban J connectivity index is 1.53. The van der Waals surface area contributed by atoms with Gasteiger partial charge in [0.15, 0.2) is 5.16 Å². The number of rotatable bonds is 5. The second kappa shape index (κ2) is 8.09. The molecule has 2 heterocycles. The number of aryl methyl sites for hydroxylation is 2. The molecule has 1 N–H and O–H groups in total. The van der Waals surface area contributed by atoms with Gasteiger partial charge in [0.2, 0.25) is 5.91 Å². The zero-order chi connectivity index (χ0) is 19.7. The molecule has 0 fully saturated rings. The number of nitrogens with one attached hydrogen (secondary N) is 1. The van der Waals surface area contributed by atoms with Crippen molar-refractivity contribution in [2.24, 2.45) is 7.05 Å². The number of thiophene rings is 1. The van der Waals surface area contributed by atoms with Crippen molar-refractivity contribution in [3.8, 4) is 0 Å². The number of hydrogen-bond acceptors (Lipinski definition) is 5. The Labute approximate surface area is 172 Å². The van der Waals surface area contributed by atoms with Crippen molar-refractivity contribution in [3.05, 3.63) is 56.7 Å². The van der Waals surface area contributed by atoms with Crippen LogP contribution in [-0.4, -0.2) is 20.7 Å². The maximum atomic E-state index is 13.0. The van der Waals surface area contributed by atoms with Crippen LogP contribution < -0.4 is 10.9 Å². The molecule has 0 saturated heterocycles. The zero-order valence-electron chi connectivity index (χ0n) is 16.0. The van der Waals surface area contributed by atoms with Crippen molar-refractivity contribution in [2.75, 3.05) is 0 Å². The minimum Gasteiger partial charge on any atom is -0.351 e. The SMILES string of the molecule is CC(Sc1nc2sc3c(c2c(=O)n1C)CCCC3)C(=O)NCc1ccccc1. The Kier molecular flexibility index (Phi) is 5.55. The van der Waals surface area contributed by atoms with Gasteiger partial charge in [-0.1, -0.05) is 42.1 Å². The summed E-state index contributed by atoms with van der Waals surface area (Å²) in [5, 5.41) is 4.00. The normalized spacial score (nSPS) is 14.6. The molecule has 0 radical (unpaired) electrons. The Bertz CT molecular complexity index is 1070. The molecule has 146 valence electrons. The Morgan fingerprint density at radius 1 is 1.29 bits per heavy atom. The lowest BCUT2D eigenvalue weighted by Gasteiger charge is -2.14. The van der Waals surface area contributed by atoms with E-state index in [1.165, 1.54) is 28.6 Å². The molecule has 1 amide bonds. The van der Waals surface area contributed by atoms with Gasteiger partial charge in [-0.3, -0.25) is 14.2 Å². The highest BCUT2D eigenvalue weighted by Gasteiger charge is 2.23. The van der Waals surface area contributed by atoms with Crippen molar-refractivity contribution >= 4 is 39.2 Å². The lowest BCUT2D eigenvalue weighted by atomic mass is 9.97. The van der Waals surface area contributed by atoms with Crippen LogP contribution in [0, 0.1) is 0 Å². The number of fused-ring (bicyclic) bond motifs is 3. The van der Waals surface area contributed by atoms with Crippen molar-refractivity contribution in [3.63, 3.8) is 0 Å². The molecule has 0 bridgehead atoms. The third-order valence-corrected chi connectivity index (χ3v) is 7.45. The first-order valence-corrected chi connectivity index (χ1v) is 11.2. The third-order valence-electron chi connectivity index (χ3n) is 5.12. The van der Waals surface area contributed by atoms with Crippen molar-refractivity contribution in [1.82, 2.24) is 14.9 Å². The topological polar surface area (TPSA) is 64.0 Å². The van der Waals surface area contributed by atoms with E-state index in [4.69, 9.17) is 4.98 Å². The molecule has 1 aliphatic rings. The van der Waals surface area contributed by atoms with Gasteiger partial charge in [-0.15, -0.1) is 11.3 Å². The van der Waals surface area contributed by atoms with Crippen molar-refractivity contribution in [1.29, 1.82) is 0 Å². The maximum Gasteiger partial charge on any atom is 0.262 e. The fraction of sp³-hybridized carbons (Fsp3) is 0.381. The molecule has 28 heavy (non-hydrogen) atoms. The highest BCUT2D eigenvalue weighted by molar-refractivity contribution is 8.00. The summed E-state index contributed by atoms with van der Waals surface area (Å²) in [5.74, 6) is -0.0614. The van der Waals surface area contributed by atoms with Crippen molar-refractivity contribution < 1.29 is 4.79 Å². The number of thioether (sulfide) groups is 1. The smallest absolute Gasteiger partial charge is 0.262 e. The summed E-state index contributed by atoms with van der Waals surface area (Å²) < 4.78 is 1.59. The number of hydrogen-bond donors (Lipinski definition) is 1. The molecule has 3 aromatic rings. The van der Waals surface area contributed by atoms with E-state index in [0.29, 0.717) is 11.7 Å². The molecular weight excluding hydrogens is 390 g/mol. The molecule has 1 atom stereocenters. The lowest BCUT2D eigenvalue weighted by Crippen LogP contribution is -2.31. The molecule has 4 rings (SSSR count). The molecular formula is C21H23N3O2S2. The second-order valence-electron chi connectivity index (χ2n) is 7.11. The minimum absolute atomic E-state index is 0.00351. The van der Waals surface area contributed by atoms with E-state index in [1.54, 1.807) is 23.0 Å². The van der Waals surface area contributed by atoms with E-state index in [9.17, 15) is 9.59 Å². The molecule has 7 heteroatoms. The van der Waals surface area contributed by atoms with E-state index in [1.807, 2.05) is 37.3 Å². The predicted molar refractivity (Wildman–Crippen MR) is 115 cm³/mol. The van der Waals surface area contributed by atoms with Gasteiger partial charge < -0.3 is 5.32 Å². The number of nitrogens with zero attached hydrogens (tertiary/aromatic N) is 2. The largest absolute Gasteiger partial charge is 0.351 e. The Hall–Kier alpha value is -2.12. The summed E-state index contributed by atoms with van der Waals surface area (Å²) in [7, 11) is 1.75. The molecule has 1 aliphatic carbocycles. The summed E-state index contributed by atoms with van der Waals surface area (Å²) >= 11 is 2.98. The Morgan fingerprint density at radius 2 is 2.04 bits per heavy atom. The average molecular weight is 414 g/mol. The average Bonchev–Trinajstić information content (AvgIpc) is 3.09. The van der Waals surface area contributed by atoms with Crippen LogP contribution in [0.25, 0.3) is 10.2 Å². The first-order valence-electron chi connectivity index (χ1n) is 9.54. The van der Waals surface area contributed by atoms with Gasteiger partial charge in [0.25, 0.3) is 5.56 Å². The minimum atomic E-state index is -0.339. The quantitative estimate of drug-likeness (QED) is 0.512. The maximum absolute atomic E-state index is 13.0. The summed E-state index contributed by atoms with van der Waals surface area (Å²) in [4.78, 5) is 32.3. The first kappa shape index (κ1) is 19.2. The number of aromatic nitrogens is 2. The standard InChI is InChI=1S/C21H23N3O2S2/c1-13(18(25)22-12-14-8-4-3-5-9-14)27-21-23-19-17(20(26)24(21)2)15-10-6-7-11-16(15)28-19/h3-5,8-9,13H,6-7,10-12H2,1-2H3,(H,22,25). The van der Waals surface area contributed by atoms with Gasteiger partial charge in [-0.05, 0) is 43.7 Å². The van der Waals surface area contributed by atoms with Gasteiger partial charge >= 0.3 is 0 Å². The third kappa shape index (κ3) is 3.73. The Morgan fingerprint density at radius 3 is 2.82 bits per heavy atom. The molecule has 1 aromatic carbocycles. The van der Waals surface area contributed by atoms with Crippen LogP contribution in [0.1, 0.15) is 35.8 Å². The molecule has 5 nitrogen and oxygen atoms in total. The van der Waals surface area contributed by atoms with Crippen LogP contribution >= 0.6 is 23.1 Å². The molecule has 0 saturated carbocycles. The summed E-state index contributed by atoms with van der Waals surface area (Å²) in [6.45, 7) is 2.34. The fourth-order valence-electron chi connectivity index (χ4n) is 3.51. The molecule has 0 aliphatic heterocycles.